The molecular weight excluding hydrogens is 278 g/mol. The third-order valence-electron chi connectivity index (χ3n) is 4.36. The highest BCUT2D eigenvalue weighted by molar-refractivity contribution is 5.92. The van der Waals surface area contributed by atoms with Gasteiger partial charge in [-0.15, -0.1) is 0 Å². The molecule has 22 heavy (non-hydrogen) atoms. The maximum absolute atomic E-state index is 12.1. The SMILES string of the molecule is COC(=O)/C(=C/CC1(O)CCCCC1)N(C)c1ccccc1. The minimum absolute atomic E-state index is 0.384. The fourth-order valence-corrected chi connectivity index (χ4v) is 2.95. The van der Waals surface area contributed by atoms with Gasteiger partial charge in [-0.2, -0.15) is 0 Å². The van der Waals surface area contributed by atoms with Gasteiger partial charge >= 0.3 is 5.97 Å². The highest BCUT2D eigenvalue weighted by Gasteiger charge is 2.29. The lowest BCUT2D eigenvalue weighted by atomic mass is 9.82. The topological polar surface area (TPSA) is 49.8 Å². The van der Waals surface area contributed by atoms with Gasteiger partial charge in [-0.3, -0.25) is 0 Å². The van der Waals surface area contributed by atoms with Gasteiger partial charge in [-0.05, 0) is 31.4 Å². The molecule has 4 heteroatoms. The molecule has 1 aliphatic carbocycles. The van der Waals surface area contributed by atoms with Gasteiger partial charge in [0.2, 0.25) is 0 Å². The van der Waals surface area contributed by atoms with E-state index in [1.807, 2.05) is 43.5 Å². The zero-order chi connectivity index (χ0) is 16.0. The number of anilines is 1. The van der Waals surface area contributed by atoms with Gasteiger partial charge in [-0.25, -0.2) is 4.79 Å². The van der Waals surface area contributed by atoms with Crippen LogP contribution < -0.4 is 4.90 Å². The lowest BCUT2D eigenvalue weighted by molar-refractivity contribution is -0.136. The highest BCUT2D eigenvalue weighted by atomic mass is 16.5. The summed E-state index contributed by atoms with van der Waals surface area (Å²) in [6, 6.07) is 9.66. The van der Waals surface area contributed by atoms with Crippen molar-refractivity contribution in [1.82, 2.24) is 0 Å². The minimum Gasteiger partial charge on any atom is -0.464 e. The molecule has 0 spiro atoms. The van der Waals surface area contributed by atoms with Gasteiger partial charge in [0.25, 0.3) is 0 Å². The largest absolute Gasteiger partial charge is 0.464 e. The molecule has 0 atom stereocenters. The smallest absolute Gasteiger partial charge is 0.354 e. The number of nitrogens with zero attached hydrogens (tertiary/aromatic N) is 1. The Morgan fingerprint density at radius 1 is 1.27 bits per heavy atom. The molecule has 1 fully saturated rings. The average Bonchev–Trinajstić information content (AvgIpc) is 2.56. The predicted octanol–water partition coefficient (Wildman–Crippen LogP) is 3.27. The molecule has 1 saturated carbocycles. The van der Waals surface area contributed by atoms with Crippen molar-refractivity contribution in [2.75, 3.05) is 19.1 Å². The monoisotopic (exact) mass is 303 g/mol. The summed E-state index contributed by atoms with van der Waals surface area (Å²) in [7, 11) is 3.22. The quantitative estimate of drug-likeness (QED) is 0.670. The van der Waals surface area contributed by atoms with Crippen LogP contribution in [0.5, 0.6) is 0 Å². The van der Waals surface area contributed by atoms with Gasteiger partial charge in [0.15, 0.2) is 0 Å². The molecule has 0 radical (unpaired) electrons. The van der Waals surface area contributed by atoms with Crippen LogP contribution in [0, 0.1) is 0 Å². The Morgan fingerprint density at radius 2 is 1.91 bits per heavy atom. The van der Waals surface area contributed by atoms with Crippen molar-refractivity contribution in [2.24, 2.45) is 0 Å². The van der Waals surface area contributed by atoms with Gasteiger partial charge in [0, 0.05) is 12.7 Å². The third-order valence-corrected chi connectivity index (χ3v) is 4.36. The summed E-state index contributed by atoms with van der Waals surface area (Å²) < 4.78 is 4.90. The number of rotatable bonds is 5. The number of para-hydroxylation sites is 1. The van der Waals surface area contributed by atoms with E-state index in [2.05, 4.69) is 0 Å². The number of aliphatic hydroxyl groups is 1. The predicted molar refractivity (Wildman–Crippen MR) is 87.6 cm³/mol. The van der Waals surface area contributed by atoms with E-state index in [0.717, 1.165) is 31.4 Å². The van der Waals surface area contributed by atoms with Crippen LogP contribution in [0.15, 0.2) is 42.1 Å². The molecule has 120 valence electrons. The third kappa shape index (κ3) is 4.10. The first-order valence-corrected chi connectivity index (χ1v) is 7.85. The highest BCUT2D eigenvalue weighted by Crippen LogP contribution is 2.32. The van der Waals surface area contributed by atoms with Crippen molar-refractivity contribution >= 4 is 11.7 Å². The normalized spacial score (nSPS) is 17.9. The minimum atomic E-state index is -0.685. The number of carbonyl (C=O) groups excluding carboxylic acids is 1. The number of carbonyl (C=O) groups is 1. The van der Waals surface area contributed by atoms with Gasteiger partial charge in [0.1, 0.15) is 5.70 Å². The van der Waals surface area contributed by atoms with E-state index < -0.39 is 5.60 Å². The molecule has 1 aromatic carbocycles. The molecule has 0 saturated heterocycles. The summed E-state index contributed by atoms with van der Waals surface area (Å²) in [5.74, 6) is -0.384. The maximum atomic E-state index is 12.1. The van der Waals surface area contributed by atoms with E-state index in [1.54, 1.807) is 4.90 Å². The number of likely N-dealkylation sites (N-methyl/N-ethyl adjacent to an activating group) is 1. The standard InChI is InChI=1S/C18H25NO3/c1-19(15-9-5-3-6-10-15)16(17(20)22-2)11-14-18(21)12-7-4-8-13-18/h3,5-6,9-11,21H,4,7-8,12-14H2,1-2H3/b16-11-. The van der Waals surface area contributed by atoms with Crippen LogP contribution in [-0.2, 0) is 9.53 Å². The molecule has 0 unspecified atom stereocenters. The average molecular weight is 303 g/mol. The lowest BCUT2D eigenvalue weighted by Gasteiger charge is -2.31. The Bertz CT molecular complexity index is 518. The second-order valence-electron chi connectivity index (χ2n) is 5.96. The molecule has 2 rings (SSSR count). The number of methoxy groups -OCH3 is 1. The molecule has 0 heterocycles. The van der Waals surface area contributed by atoms with Crippen molar-refractivity contribution in [2.45, 2.75) is 44.1 Å². The number of hydrogen-bond donors (Lipinski definition) is 1. The first-order valence-electron chi connectivity index (χ1n) is 7.85. The fourth-order valence-electron chi connectivity index (χ4n) is 2.95. The number of benzene rings is 1. The van der Waals surface area contributed by atoms with Crippen LogP contribution in [0.3, 0.4) is 0 Å². The van der Waals surface area contributed by atoms with E-state index in [-0.39, 0.29) is 5.97 Å². The first-order chi connectivity index (χ1) is 10.6. The molecule has 0 aromatic heterocycles. The van der Waals surface area contributed by atoms with E-state index in [0.29, 0.717) is 12.1 Å². The summed E-state index contributed by atoms with van der Waals surface area (Å²) in [5.41, 5.74) is 0.692. The summed E-state index contributed by atoms with van der Waals surface area (Å²) >= 11 is 0. The zero-order valence-electron chi connectivity index (χ0n) is 13.4. The van der Waals surface area contributed by atoms with Gasteiger partial charge < -0.3 is 14.7 Å². The van der Waals surface area contributed by atoms with E-state index >= 15 is 0 Å². The van der Waals surface area contributed by atoms with Crippen LogP contribution in [0.2, 0.25) is 0 Å². The number of esters is 1. The summed E-state index contributed by atoms with van der Waals surface area (Å²) in [6.07, 6.45) is 7.16. The zero-order valence-corrected chi connectivity index (χ0v) is 13.4. The van der Waals surface area contributed by atoms with Crippen LogP contribution in [0.4, 0.5) is 5.69 Å². The van der Waals surface area contributed by atoms with E-state index in [4.69, 9.17) is 4.74 Å². The summed E-state index contributed by atoms with van der Waals surface area (Å²) in [4.78, 5) is 13.9. The fraction of sp³-hybridized carbons (Fsp3) is 0.500. The molecule has 1 aliphatic rings. The van der Waals surface area contributed by atoms with Crippen LogP contribution >= 0.6 is 0 Å². The van der Waals surface area contributed by atoms with Crippen molar-refractivity contribution < 1.29 is 14.6 Å². The van der Waals surface area contributed by atoms with Gasteiger partial charge in [0.05, 0.1) is 12.7 Å². The van der Waals surface area contributed by atoms with Crippen molar-refractivity contribution in [3.63, 3.8) is 0 Å². The number of ether oxygens (including phenoxy) is 1. The van der Waals surface area contributed by atoms with Crippen LogP contribution in [-0.4, -0.2) is 30.8 Å². The first kappa shape index (κ1) is 16.6. The Hall–Kier alpha value is -1.81. The second-order valence-corrected chi connectivity index (χ2v) is 5.96. The maximum Gasteiger partial charge on any atom is 0.354 e. The molecule has 1 N–H and O–H groups in total. The van der Waals surface area contributed by atoms with Crippen LogP contribution in [0.25, 0.3) is 0 Å². The molecule has 4 nitrogen and oxygen atoms in total. The molecular formula is C18H25NO3. The second kappa shape index (κ2) is 7.45. The number of hydrogen-bond acceptors (Lipinski definition) is 4. The Labute approximate surface area is 132 Å². The molecule has 0 bridgehead atoms. The van der Waals surface area contributed by atoms with E-state index in [1.165, 1.54) is 13.5 Å². The Balaban J connectivity index is 2.18. The molecule has 1 aromatic rings. The molecule has 0 amide bonds. The van der Waals surface area contributed by atoms with Crippen LogP contribution in [0.1, 0.15) is 38.5 Å². The Kier molecular flexibility index (Phi) is 5.61. The van der Waals surface area contributed by atoms with Gasteiger partial charge in [-0.1, -0.05) is 43.5 Å². The van der Waals surface area contributed by atoms with Crippen molar-refractivity contribution in [1.29, 1.82) is 0 Å². The van der Waals surface area contributed by atoms with Crippen molar-refractivity contribution in [3.05, 3.63) is 42.1 Å². The van der Waals surface area contributed by atoms with E-state index in [9.17, 15) is 9.90 Å². The van der Waals surface area contributed by atoms with Crippen molar-refractivity contribution in [3.8, 4) is 0 Å². The summed E-state index contributed by atoms with van der Waals surface area (Å²) in [6.45, 7) is 0. The lowest BCUT2D eigenvalue weighted by Crippen LogP contribution is -2.32. The molecule has 0 aliphatic heterocycles. The Morgan fingerprint density at radius 3 is 2.50 bits per heavy atom. The summed E-state index contributed by atoms with van der Waals surface area (Å²) in [5, 5.41) is 10.6.